The molecular formula is C21H21F3N4O3. The molecule has 1 fully saturated rings. The van der Waals surface area contributed by atoms with E-state index in [0.717, 1.165) is 35.1 Å². The Bertz CT molecular complexity index is 1070. The van der Waals surface area contributed by atoms with Crippen LogP contribution in [-0.4, -0.2) is 45.9 Å². The second-order valence-corrected chi connectivity index (χ2v) is 7.22. The molecule has 1 aromatic heterocycles. The van der Waals surface area contributed by atoms with E-state index in [9.17, 15) is 18.0 Å². The molecule has 0 saturated carbocycles. The molecule has 7 nitrogen and oxygen atoms in total. The summed E-state index contributed by atoms with van der Waals surface area (Å²) >= 11 is 0. The van der Waals surface area contributed by atoms with Gasteiger partial charge in [-0.25, -0.2) is 4.79 Å². The molecule has 1 amide bonds. The van der Waals surface area contributed by atoms with Crippen molar-refractivity contribution in [2.24, 2.45) is 0 Å². The third kappa shape index (κ3) is 5.60. The molecule has 2 heterocycles. The van der Waals surface area contributed by atoms with Crippen molar-refractivity contribution in [1.82, 2.24) is 15.5 Å². The molecule has 0 bridgehead atoms. The Kier molecular flexibility index (Phi) is 6.59. The number of nitrogens with one attached hydrogen (secondary N) is 3. The first-order valence-electron chi connectivity index (χ1n) is 9.48. The molecule has 1 aliphatic rings. The van der Waals surface area contributed by atoms with E-state index in [1.165, 1.54) is 5.56 Å². The van der Waals surface area contributed by atoms with Gasteiger partial charge in [-0.2, -0.15) is 18.3 Å². The number of nitrogens with zero attached hydrogens (tertiary/aromatic N) is 1. The Morgan fingerprint density at radius 2 is 1.87 bits per heavy atom. The van der Waals surface area contributed by atoms with Gasteiger partial charge in [0, 0.05) is 17.6 Å². The van der Waals surface area contributed by atoms with Crippen molar-refractivity contribution in [3.8, 4) is 0 Å². The zero-order chi connectivity index (χ0) is 22.6. The summed E-state index contributed by atoms with van der Waals surface area (Å²) < 4.78 is 31.7. The molecule has 0 unspecified atom stereocenters. The number of H-pyrrole nitrogens is 1. The largest absolute Gasteiger partial charge is 0.490 e. The van der Waals surface area contributed by atoms with Gasteiger partial charge in [0.2, 0.25) is 5.91 Å². The number of amides is 1. The molecule has 0 aliphatic carbocycles. The third-order valence-electron chi connectivity index (χ3n) is 5.00. The lowest BCUT2D eigenvalue weighted by Crippen LogP contribution is -2.35. The SMILES string of the molecule is Cc1cc2cn[nH]c2cc1NC(=O)[C@@H]1C[C@@H](c2ccccc2)CN1.O=C(O)C(F)(F)F. The molecule has 1 saturated heterocycles. The van der Waals surface area contributed by atoms with E-state index in [1.54, 1.807) is 6.20 Å². The maximum atomic E-state index is 12.6. The molecule has 4 rings (SSSR count). The summed E-state index contributed by atoms with van der Waals surface area (Å²) in [7, 11) is 0. The quantitative estimate of drug-likeness (QED) is 0.504. The summed E-state index contributed by atoms with van der Waals surface area (Å²) in [6.07, 6.45) is -2.47. The summed E-state index contributed by atoms with van der Waals surface area (Å²) in [6, 6.07) is 14.2. The van der Waals surface area contributed by atoms with Gasteiger partial charge in [0.05, 0.1) is 17.8 Å². The molecule has 31 heavy (non-hydrogen) atoms. The summed E-state index contributed by atoms with van der Waals surface area (Å²) in [5.41, 5.74) is 4.09. The van der Waals surface area contributed by atoms with Crippen molar-refractivity contribution in [1.29, 1.82) is 0 Å². The minimum Gasteiger partial charge on any atom is -0.475 e. The monoisotopic (exact) mass is 434 g/mol. The summed E-state index contributed by atoms with van der Waals surface area (Å²) in [4.78, 5) is 21.5. The number of aliphatic carboxylic acids is 1. The Hall–Kier alpha value is -3.40. The number of carbonyl (C=O) groups excluding carboxylic acids is 1. The third-order valence-corrected chi connectivity index (χ3v) is 5.00. The zero-order valence-corrected chi connectivity index (χ0v) is 16.5. The van der Waals surface area contributed by atoms with Crippen LogP contribution in [0.2, 0.25) is 0 Å². The minimum absolute atomic E-state index is 0.0235. The lowest BCUT2D eigenvalue weighted by Gasteiger charge is -2.13. The average Bonchev–Trinajstić information content (AvgIpc) is 3.38. The first-order chi connectivity index (χ1) is 14.6. The highest BCUT2D eigenvalue weighted by Gasteiger charge is 2.38. The van der Waals surface area contributed by atoms with Crippen LogP contribution < -0.4 is 10.6 Å². The number of halogens is 3. The topological polar surface area (TPSA) is 107 Å². The lowest BCUT2D eigenvalue weighted by molar-refractivity contribution is -0.192. The van der Waals surface area contributed by atoms with E-state index in [4.69, 9.17) is 9.90 Å². The van der Waals surface area contributed by atoms with Crippen LogP contribution >= 0.6 is 0 Å². The molecule has 3 aromatic rings. The molecule has 10 heteroatoms. The van der Waals surface area contributed by atoms with Gasteiger partial charge in [-0.15, -0.1) is 0 Å². The number of aromatic nitrogens is 2. The van der Waals surface area contributed by atoms with Gasteiger partial charge < -0.3 is 15.7 Å². The number of hydrogen-bond donors (Lipinski definition) is 4. The van der Waals surface area contributed by atoms with Gasteiger partial charge in [-0.3, -0.25) is 9.89 Å². The number of hydrogen-bond acceptors (Lipinski definition) is 4. The van der Waals surface area contributed by atoms with Crippen molar-refractivity contribution < 1.29 is 27.9 Å². The number of fused-ring (bicyclic) bond motifs is 1. The van der Waals surface area contributed by atoms with Crippen molar-refractivity contribution in [2.75, 3.05) is 11.9 Å². The number of benzene rings is 2. The predicted molar refractivity (Wildman–Crippen MR) is 109 cm³/mol. The smallest absolute Gasteiger partial charge is 0.475 e. The second-order valence-electron chi connectivity index (χ2n) is 7.22. The average molecular weight is 434 g/mol. The number of carbonyl (C=O) groups is 2. The van der Waals surface area contributed by atoms with Gasteiger partial charge >= 0.3 is 12.1 Å². The van der Waals surface area contributed by atoms with Gasteiger partial charge in [0.25, 0.3) is 0 Å². The van der Waals surface area contributed by atoms with Crippen LogP contribution in [-0.2, 0) is 9.59 Å². The maximum absolute atomic E-state index is 12.6. The second kappa shape index (κ2) is 9.17. The molecule has 0 spiro atoms. The van der Waals surface area contributed by atoms with E-state index in [1.807, 2.05) is 37.3 Å². The van der Waals surface area contributed by atoms with E-state index >= 15 is 0 Å². The molecular weight excluding hydrogens is 413 g/mol. The fraction of sp³-hybridized carbons (Fsp3) is 0.286. The Balaban J connectivity index is 0.000000339. The van der Waals surface area contributed by atoms with Crippen molar-refractivity contribution in [2.45, 2.75) is 31.5 Å². The Morgan fingerprint density at radius 1 is 1.19 bits per heavy atom. The highest BCUT2D eigenvalue weighted by Crippen LogP contribution is 2.27. The number of carboxylic acid groups (broad SMARTS) is 1. The first-order valence-corrected chi connectivity index (χ1v) is 9.48. The fourth-order valence-electron chi connectivity index (χ4n) is 3.37. The zero-order valence-electron chi connectivity index (χ0n) is 16.5. The number of carboxylic acids is 1. The summed E-state index contributed by atoms with van der Waals surface area (Å²) in [6.45, 7) is 2.83. The normalized spacial score (nSPS) is 18.3. The Labute approximate surface area is 175 Å². The number of aromatic amines is 1. The molecule has 0 radical (unpaired) electrons. The van der Waals surface area contributed by atoms with E-state index in [-0.39, 0.29) is 11.9 Å². The van der Waals surface area contributed by atoms with Crippen LogP contribution in [0.4, 0.5) is 18.9 Å². The van der Waals surface area contributed by atoms with E-state index < -0.39 is 12.1 Å². The maximum Gasteiger partial charge on any atom is 0.490 e. The highest BCUT2D eigenvalue weighted by molar-refractivity contribution is 5.97. The van der Waals surface area contributed by atoms with Crippen molar-refractivity contribution in [3.05, 3.63) is 59.8 Å². The van der Waals surface area contributed by atoms with Crippen LogP contribution in [0.3, 0.4) is 0 Å². The number of alkyl halides is 3. The van der Waals surface area contributed by atoms with E-state index in [2.05, 4.69) is 33.0 Å². The van der Waals surface area contributed by atoms with Gasteiger partial charge in [-0.05, 0) is 42.5 Å². The predicted octanol–water partition coefficient (Wildman–Crippen LogP) is 3.59. The van der Waals surface area contributed by atoms with Crippen molar-refractivity contribution >= 4 is 28.5 Å². The lowest BCUT2D eigenvalue weighted by atomic mass is 9.96. The fourth-order valence-corrected chi connectivity index (χ4v) is 3.37. The highest BCUT2D eigenvalue weighted by atomic mass is 19.4. The van der Waals surface area contributed by atoms with Crippen LogP contribution in [0.25, 0.3) is 10.9 Å². The number of anilines is 1. The number of rotatable bonds is 3. The first kappa shape index (κ1) is 22.3. The van der Waals surface area contributed by atoms with Gasteiger partial charge in [0.1, 0.15) is 0 Å². The molecule has 1 aliphatic heterocycles. The van der Waals surface area contributed by atoms with Gasteiger partial charge in [-0.1, -0.05) is 30.3 Å². The minimum atomic E-state index is -5.08. The van der Waals surface area contributed by atoms with E-state index in [0.29, 0.717) is 5.92 Å². The summed E-state index contributed by atoms with van der Waals surface area (Å²) in [5, 5.41) is 21.6. The Morgan fingerprint density at radius 3 is 2.52 bits per heavy atom. The van der Waals surface area contributed by atoms with Crippen LogP contribution in [0.5, 0.6) is 0 Å². The van der Waals surface area contributed by atoms with Crippen LogP contribution in [0.15, 0.2) is 48.7 Å². The standard InChI is InChI=1S/C19H20N4O.C2HF3O2/c1-12-7-15-11-21-23-17(15)9-16(12)22-19(24)18-8-14(10-20-18)13-5-3-2-4-6-13;3-2(4,5)1(6)7/h2-7,9,11,14,18,20H,8,10H2,1H3,(H,21,23)(H,22,24);(H,6,7)/t14-,18+;/m1./s1. The van der Waals surface area contributed by atoms with Gasteiger partial charge in [0.15, 0.2) is 0 Å². The molecule has 2 atom stereocenters. The summed E-state index contributed by atoms with van der Waals surface area (Å²) in [5.74, 6) is -2.35. The van der Waals surface area contributed by atoms with Crippen molar-refractivity contribution in [3.63, 3.8) is 0 Å². The molecule has 4 N–H and O–H groups in total. The molecule has 164 valence electrons. The van der Waals surface area contributed by atoms with Crippen LogP contribution in [0, 0.1) is 6.92 Å². The van der Waals surface area contributed by atoms with Crippen LogP contribution in [0.1, 0.15) is 23.5 Å². The number of aryl methyl sites for hydroxylation is 1. The molecule has 2 aromatic carbocycles.